The summed E-state index contributed by atoms with van der Waals surface area (Å²) in [7, 11) is 0. The van der Waals surface area contributed by atoms with Crippen LogP contribution >= 0.6 is 0 Å². The second-order valence-electron chi connectivity index (χ2n) is 6.84. The fourth-order valence-corrected chi connectivity index (χ4v) is 4.25. The summed E-state index contributed by atoms with van der Waals surface area (Å²) in [5.74, 6) is 0. The van der Waals surface area contributed by atoms with Crippen LogP contribution in [0.25, 0.3) is 22.1 Å². The Kier molecular flexibility index (Phi) is 3.23. The van der Waals surface area contributed by atoms with Gasteiger partial charge in [-0.05, 0) is 50.6 Å². The second kappa shape index (κ2) is 5.49. The lowest BCUT2D eigenvalue weighted by Crippen LogP contribution is -2.38. The van der Waals surface area contributed by atoms with Crippen LogP contribution < -0.4 is 9.80 Å². The van der Waals surface area contributed by atoms with E-state index in [-0.39, 0.29) is 6.17 Å². The molecule has 0 saturated carbocycles. The Morgan fingerprint density at radius 2 is 1.81 bits per heavy atom. The van der Waals surface area contributed by atoms with Gasteiger partial charge in [0.2, 0.25) is 5.71 Å². The molecular weight excluding hydrogens is 322 g/mol. The van der Waals surface area contributed by atoms with E-state index in [2.05, 4.69) is 78.0 Å². The number of rotatable bonds is 2. The molecule has 0 spiro atoms. The van der Waals surface area contributed by atoms with E-state index in [0.29, 0.717) is 5.71 Å². The molecule has 4 heteroatoms. The Labute approximate surface area is 152 Å². The second-order valence-corrected chi connectivity index (χ2v) is 6.84. The van der Waals surface area contributed by atoms with E-state index in [0.717, 1.165) is 28.6 Å². The van der Waals surface area contributed by atoms with Crippen molar-refractivity contribution in [3.05, 3.63) is 60.3 Å². The number of para-hydroxylation sites is 2. The Morgan fingerprint density at radius 1 is 1.00 bits per heavy atom. The topological polar surface area (TPSA) is 32.5 Å². The van der Waals surface area contributed by atoms with Crippen molar-refractivity contribution in [2.75, 3.05) is 16.3 Å². The van der Waals surface area contributed by atoms with Crippen molar-refractivity contribution in [1.82, 2.24) is 4.98 Å². The maximum Gasteiger partial charge on any atom is 0.227 e. The molecule has 0 amide bonds. The van der Waals surface area contributed by atoms with Gasteiger partial charge in [-0.1, -0.05) is 24.3 Å². The number of hydrogen-bond acceptors (Lipinski definition) is 4. The molecule has 130 valence electrons. The van der Waals surface area contributed by atoms with Crippen molar-refractivity contribution in [2.45, 2.75) is 26.9 Å². The van der Waals surface area contributed by atoms with Crippen LogP contribution in [0.4, 0.5) is 17.1 Å². The summed E-state index contributed by atoms with van der Waals surface area (Å²) in [6.07, 6.45) is 2.01. The van der Waals surface area contributed by atoms with Crippen LogP contribution in [-0.2, 0) is 0 Å². The molecule has 26 heavy (non-hydrogen) atoms. The van der Waals surface area contributed by atoms with Gasteiger partial charge in [0, 0.05) is 23.5 Å². The zero-order valence-electron chi connectivity index (χ0n) is 15.2. The molecule has 1 aliphatic rings. The maximum atomic E-state index is 6.24. The molecular formula is C22H21N3O. The number of nitrogens with zero attached hydrogens (tertiary/aromatic N) is 3. The minimum Gasteiger partial charge on any atom is -0.435 e. The van der Waals surface area contributed by atoms with Gasteiger partial charge in [-0.15, -0.1) is 0 Å². The number of fused-ring (bicyclic) bond motifs is 4. The monoisotopic (exact) mass is 343 g/mol. The maximum absolute atomic E-state index is 6.24. The van der Waals surface area contributed by atoms with Crippen LogP contribution in [0.3, 0.4) is 0 Å². The fraction of sp³-hybridized carbons (Fsp3) is 0.227. The summed E-state index contributed by atoms with van der Waals surface area (Å²) >= 11 is 0. The van der Waals surface area contributed by atoms with Crippen LogP contribution in [0.15, 0.2) is 59.1 Å². The highest BCUT2D eigenvalue weighted by atomic mass is 16.3. The van der Waals surface area contributed by atoms with Gasteiger partial charge < -0.3 is 14.2 Å². The first-order valence-corrected chi connectivity index (χ1v) is 9.12. The molecule has 0 saturated heterocycles. The van der Waals surface area contributed by atoms with Gasteiger partial charge in [0.25, 0.3) is 0 Å². The average molecular weight is 343 g/mol. The number of pyridine rings is 1. The molecule has 4 nitrogen and oxygen atoms in total. The van der Waals surface area contributed by atoms with E-state index in [1.807, 2.05) is 6.07 Å². The zero-order chi connectivity index (χ0) is 17.8. The summed E-state index contributed by atoms with van der Waals surface area (Å²) in [6.45, 7) is 7.57. The van der Waals surface area contributed by atoms with E-state index >= 15 is 0 Å². The highest BCUT2D eigenvalue weighted by Gasteiger charge is 2.35. The molecule has 1 atom stereocenters. The Morgan fingerprint density at radius 3 is 2.62 bits per heavy atom. The van der Waals surface area contributed by atoms with Crippen molar-refractivity contribution >= 4 is 39.1 Å². The number of aryl methyl sites for hydroxylation is 1. The molecule has 0 bridgehead atoms. The van der Waals surface area contributed by atoms with Crippen LogP contribution in [0, 0.1) is 6.92 Å². The molecule has 2 aromatic carbocycles. The van der Waals surface area contributed by atoms with E-state index in [1.54, 1.807) is 6.20 Å². The molecule has 0 fully saturated rings. The van der Waals surface area contributed by atoms with Gasteiger partial charge in [0.05, 0.1) is 17.1 Å². The number of anilines is 3. The molecule has 4 aromatic rings. The van der Waals surface area contributed by atoms with Gasteiger partial charge >= 0.3 is 0 Å². The third kappa shape index (κ3) is 1.93. The van der Waals surface area contributed by atoms with Gasteiger partial charge in [-0.2, -0.15) is 0 Å². The zero-order valence-corrected chi connectivity index (χ0v) is 15.2. The summed E-state index contributed by atoms with van der Waals surface area (Å²) in [4.78, 5) is 9.24. The quantitative estimate of drug-likeness (QED) is 0.473. The Hall–Kier alpha value is -3.01. The molecule has 0 unspecified atom stereocenters. The summed E-state index contributed by atoms with van der Waals surface area (Å²) < 4.78 is 6.24. The highest BCUT2D eigenvalue weighted by molar-refractivity contribution is 6.09. The molecule has 0 radical (unpaired) electrons. The normalized spacial score (nSPS) is 16.7. The van der Waals surface area contributed by atoms with Gasteiger partial charge in [-0.3, -0.25) is 0 Å². The van der Waals surface area contributed by atoms with Crippen LogP contribution in [-0.4, -0.2) is 17.7 Å². The first-order valence-electron chi connectivity index (χ1n) is 9.12. The van der Waals surface area contributed by atoms with E-state index in [9.17, 15) is 0 Å². The standard InChI is InChI=1S/C22H21N3O/c1-4-24-15(3)25(19-10-6-5-9-18(19)24)20-14(2)11-12-16-17-8-7-13-23-22(17)26-21(16)20/h5-13,15H,4H2,1-3H3/t15-/m0/s1. The largest absolute Gasteiger partial charge is 0.435 e. The smallest absolute Gasteiger partial charge is 0.227 e. The van der Waals surface area contributed by atoms with Crippen molar-refractivity contribution in [2.24, 2.45) is 0 Å². The SMILES string of the molecule is CCN1c2ccccc2N(c2c(C)ccc3c2oc2ncccc23)[C@H]1C. The molecule has 0 N–H and O–H groups in total. The van der Waals surface area contributed by atoms with Crippen molar-refractivity contribution < 1.29 is 4.42 Å². The Balaban J connectivity index is 1.83. The lowest BCUT2D eigenvalue weighted by atomic mass is 10.1. The lowest BCUT2D eigenvalue weighted by Gasteiger charge is -2.30. The van der Waals surface area contributed by atoms with Gasteiger partial charge in [-0.25, -0.2) is 4.98 Å². The van der Waals surface area contributed by atoms with Crippen LogP contribution in [0.5, 0.6) is 0 Å². The van der Waals surface area contributed by atoms with Crippen LogP contribution in [0.1, 0.15) is 19.4 Å². The number of furan rings is 1. The fourth-order valence-electron chi connectivity index (χ4n) is 4.25. The van der Waals surface area contributed by atoms with Crippen LogP contribution in [0.2, 0.25) is 0 Å². The third-order valence-corrected chi connectivity index (χ3v) is 5.45. The predicted molar refractivity (Wildman–Crippen MR) is 107 cm³/mol. The number of hydrogen-bond donors (Lipinski definition) is 0. The van der Waals surface area contributed by atoms with Gasteiger partial charge in [0.15, 0.2) is 5.58 Å². The molecule has 3 heterocycles. The summed E-state index contributed by atoms with van der Waals surface area (Å²) in [5.41, 5.74) is 6.45. The predicted octanol–water partition coefficient (Wildman–Crippen LogP) is 5.61. The minimum absolute atomic E-state index is 0.225. The number of aromatic nitrogens is 1. The minimum atomic E-state index is 0.225. The van der Waals surface area contributed by atoms with E-state index < -0.39 is 0 Å². The van der Waals surface area contributed by atoms with E-state index in [4.69, 9.17) is 4.42 Å². The summed E-state index contributed by atoms with van der Waals surface area (Å²) in [6, 6.07) is 17.0. The van der Waals surface area contributed by atoms with Crippen molar-refractivity contribution in [1.29, 1.82) is 0 Å². The highest BCUT2D eigenvalue weighted by Crippen LogP contribution is 2.48. The van der Waals surface area contributed by atoms with E-state index in [1.165, 1.54) is 16.9 Å². The number of benzene rings is 2. The molecule has 2 aromatic heterocycles. The lowest BCUT2D eigenvalue weighted by molar-refractivity contribution is 0.644. The third-order valence-electron chi connectivity index (χ3n) is 5.45. The van der Waals surface area contributed by atoms with Crippen molar-refractivity contribution in [3.63, 3.8) is 0 Å². The average Bonchev–Trinajstić information content (AvgIpc) is 3.16. The van der Waals surface area contributed by atoms with Gasteiger partial charge in [0.1, 0.15) is 6.17 Å². The first kappa shape index (κ1) is 15.3. The molecule has 0 aliphatic carbocycles. The molecule has 1 aliphatic heterocycles. The molecule has 5 rings (SSSR count). The Bertz CT molecular complexity index is 1130. The van der Waals surface area contributed by atoms with Crippen molar-refractivity contribution in [3.8, 4) is 0 Å². The summed E-state index contributed by atoms with van der Waals surface area (Å²) in [5, 5.41) is 2.18. The first-order chi connectivity index (χ1) is 12.7.